The van der Waals surface area contributed by atoms with Crippen LogP contribution in [0.5, 0.6) is 5.75 Å². The van der Waals surface area contributed by atoms with E-state index in [1.807, 2.05) is 24.3 Å². The first-order valence-corrected chi connectivity index (χ1v) is 8.83. The summed E-state index contributed by atoms with van der Waals surface area (Å²) in [5.41, 5.74) is 1.01. The predicted molar refractivity (Wildman–Crippen MR) is 96.3 cm³/mol. The van der Waals surface area contributed by atoms with E-state index in [0.29, 0.717) is 23.6 Å². The van der Waals surface area contributed by atoms with Crippen molar-refractivity contribution in [2.45, 2.75) is 25.3 Å². The van der Waals surface area contributed by atoms with E-state index in [1.54, 1.807) is 13.0 Å². The van der Waals surface area contributed by atoms with Crippen molar-refractivity contribution in [1.82, 2.24) is 0 Å². The Morgan fingerprint density at radius 3 is 2.84 bits per heavy atom. The van der Waals surface area contributed by atoms with Crippen molar-refractivity contribution in [3.63, 3.8) is 0 Å². The number of ketones is 1. The average Bonchev–Trinajstić information content (AvgIpc) is 2.91. The number of hydrogen-bond acceptors (Lipinski definition) is 4. The van der Waals surface area contributed by atoms with E-state index in [4.69, 9.17) is 27.9 Å². The second-order valence-corrected chi connectivity index (χ2v) is 7.16. The molecule has 0 saturated carbocycles. The van der Waals surface area contributed by atoms with E-state index in [-0.39, 0.29) is 16.6 Å². The summed E-state index contributed by atoms with van der Waals surface area (Å²) in [5.74, 6) is -0.791. The zero-order valence-corrected chi connectivity index (χ0v) is 14.9. The summed E-state index contributed by atoms with van der Waals surface area (Å²) in [6.07, 6.45) is 0.840. The Morgan fingerprint density at radius 2 is 2.08 bits per heavy atom. The first-order chi connectivity index (χ1) is 12.0. The number of halogens is 2. The molecule has 4 nitrogen and oxygen atoms in total. The van der Waals surface area contributed by atoms with Crippen LogP contribution in [0.2, 0.25) is 10.0 Å². The van der Waals surface area contributed by atoms with Crippen molar-refractivity contribution < 1.29 is 14.3 Å². The molecule has 0 aromatic heterocycles. The van der Waals surface area contributed by atoms with Gasteiger partial charge >= 0.3 is 5.97 Å². The number of hydrogen-bond donors (Lipinski definition) is 1. The Labute approximate surface area is 155 Å². The number of ether oxygens (including phenoxy) is 1. The van der Waals surface area contributed by atoms with E-state index < -0.39 is 17.4 Å². The van der Waals surface area contributed by atoms with Gasteiger partial charge in [0.15, 0.2) is 11.3 Å². The molecule has 0 radical (unpaired) electrons. The molecule has 1 N–H and O–H groups in total. The van der Waals surface area contributed by atoms with E-state index in [2.05, 4.69) is 5.32 Å². The van der Waals surface area contributed by atoms with Crippen LogP contribution in [0, 0.1) is 5.92 Å². The fourth-order valence-corrected chi connectivity index (χ4v) is 4.38. The van der Waals surface area contributed by atoms with E-state index >= 15 is 0 Å². The molecule has 2 aliphatic rings. The topological polar surface area (TPSA) is 55.4 Å². The number of fused-ring (bicyclic) bond motifs is 3. The largest absolute Gasteiger partial charge is 0.421 e. The van der Waals surface area contributed by atoms with Crippen LogP contribution in [0.1, 0.15) is 24.5 Å². The molecule has 1 aliphatic heterocycles. The minimum atomic E-state index is -1.25. The summed E-state index contributed by atoms with van der Waals surface area (Å²) in [4.78, 5) is 25.7. The summed E-state index contributed by atoms with van der Waals surface area (Å²) < 4.78 is 5.59. The maximum absolute atomic E-state index is 13.1. The molecule has 0 saturated heterocycles. The van der Waals surface area contributed by atoms with Crippen molar-refractivity contribution in [3.05, 3.63) is 57.6 Å². The molecular formula is C19H15Cl2NO3. The number of rotatable bonds is 2. The van der Waals surface area contributed by atoms with E-state index in [0.717, 1.165) is 11.1 Å². The molecule has 1 heterocycles. The van der Waals surface area contributed by atoms with Gasteiger partial charge in [-0.2, -0.15) is 0 Å². The van der Waals surface area contributed by atoms with Gasteiger partial charge in [0.25, 0.3) is 0 Å². The second kappa shape index (κ2) is 5.75. The van der Waals surface area contributed by atoms with Gasteiger partial charge in [-0.05, 0) is 29.7 Å². The summed E-state index contributed by atoms with van der Waals surface area (Å²) in [7, 11) is 0. The Balaban J connectivity index is 1.94. The lowest BCUT2D eigenvalue weighted by Gasteiger charge is -2.39. The molecule has 0 bridgehead atoms. The van der Waals surface area contributed by atoms with Gasteiger partial charge in [0.2, 0.25) is 0 Å². The van der Waals surface area contributed by atoms with Crippen LogP contribution >= 0.6 is 23.2 Å². The van der Waals surface area contributed by atoms with Crippen molar-refractivity contribution in [1.29, 1.82) is 0 Å². The molecule has 1 spiro atoms. The highest BCUT2D eigenvalue weighted by molar-refractivity contribution is 6.36. The zero-order valence-electron chi connectivity index (χ0n) is 13.4. The van der Waals surface area contributed by atoms with Gasteiger partial charge in [-0.1, -0.05) is 54.4 Å². The number of esters is 1. The van der Waals surface area contributed by atoms with Crippen LogP contribution in [-0.4, -0.2) is 11.8 Å². The molecule has 25 heavy (non-hydrogen) atoms. The monoisotopic (exact) mass is 375 g/mol. The quantitative estimate of drug-likeness (QED) is 0.625. The second-order valence-electron chi connectivity index (χ2n) is 6.32. The maximum atomic E-state index is 13.1. The van der Waals surface area contributed by atoms with Crippen LogP contribution in [0.15, 0.2) is 36.4 Å². The van der Waals surface area contributed by atoms with Gasteiger partial charge < -0.3 is 10.1 Å². The van der Waals surface area contributed by atoms with Gasteiger partial charge in [-0.3, -0.25) is 4.79 Å². The van der Waals surface area contributed by atoms with Crippen molar-refractivity contribution in [3.8, 4) is 5.75 Å². The lowest BCUT2D eigenvalue weighted by molar-refractivity contribution is -0.145. The third kappa shape index (κ3) is 2.28. The zero-order chi connectivity index (χ0) is 17.8. The van der Waals surface area contributed by atoms with Crippen LogP contribution in [0.4, 0.5) is 5.69 Å². The summed E-state index contributed by atoms with van der Waals surface area (Å²) in [5, 5.41) is 3.94. The Hall–Kier alpha value is -2.04. The number of benzene rings is 2. The first kappa shape index (κ1) is 16.4. The van der Waals surface area contributed by atoms with Crippen LogP contribution in [0.25, 0.3) is 0 Å². The number of carbonyl (C=O) groups excluding carboxylic acids is 2. The van der Waals surface area contributed by atoms with Crippen molar-refractivity contribution in [2.75, 3.05) is 5.32 Å². The van der Waals surface area contributed by atoms with Crippen LogP contribution < -0.4 is 10.1 Å². The molecule has 4 rings (SSSR count). The Morgan fingerprint density at radius 1 is 1.32 bits per heavy atom. The highest BCUT2D eigenvalue weighted by atomic mass is 35.5. The van der Waals surface area contributed by atoms with Gasteiger partial charge in [0, 0.05) is 11.4 Å². The molecule has 0 fully saturated rings. The van der Waals surface area contributed by atoms with Crippen molar-refractivity contribution in [2.24, 2.45) is 5.92 Å². The number of Topliss-reactive ketones (excluding diaryl/α,β-unsaturated/α-hetero) is 1. The van der Waals surface area contributed by atoms with Gasteiger partial charge in [0.1, 0.15) is 5.78 Å². The Bertz CT molecular complexity index is 912. The molecule has 2 atom stereocenters. The van der Waals surface area contributed by atoms with Crippen molar-refractivity contribution >= 4 is 40.6 Å². The highest BCUT2D eigenvalue weighted by Crippen LogP contribution is 2.51. The molecule has 1 aliphatic carbocycles. The maximum Gasteiger partial charge on any atom is 0.342 e. The fraction of sp³-hybridized carbons (Fsp3) is 0.263. The standard InChI is InChI=1S/C19H15Cl2NO3/c1-2-16(23)13-7-10-5-3-4-6-12(10)19(13)18(24)25-17-14(21)8-11(20)9-15(17)22-19/h3-6,8-9,13,22H,2,7H2,1H3. The third-order valence-electron chi connectivity index (χ3n) is 4.98. The summed E-state index contributed by atoms with van der Waals surface area (Å²) >= 11 is 12.3. The number of carbonyl (C=O) groups is 2. The van der Waals surface area contributed by atoms with E-state index in [1.165, 1.54) is 6.07 Å². The first-order valence-electron chi connectivity index (χ1n) is 8.08. The van der Waals surface area contributed by atoms with Gasteiger partial charge in [-0.25, -0.2) is 4.79 Å². The number of anilines is 1. The molecule has 6 heteroatoms. The number of nitrogens with one attached hydrogen (secondary N) is 1. The highest BCUT2D eigenvalue weighted by Gasteiger charge is 2.58. The molecule has 2 unspecified atom stereocenters. The lowest BCUT2D eigenvalue weighted by atomic mass is 9.79. The molecule has 0 amide bonds. The van der Waals surface area contributed by atoms with Gasteiger partial charge in [-0.15, -0.1) is 0 Å². The lowest BCUT2D eigenvalue weighted by Crippen LogP contribution is -2.54. The molecular weight excluding hydrogens is 361 g/mol. The minimum absolute atomic E-state index is 0.0113. The average molecular weight is 376 g/mol. The van der Waals surface area contributed by atoms with E-state index in [9.17, 15) is 9.59 Å². The fourth-order valence-electron chi connectivity index (χ4n) is 3.85. The normalized spacial score (nSPS) is 23.6. The molecule has 2 aromatic carbocycles. The minimum Gasteiger partial charge on any atom is -0.421 e. The Kier molecular flexibility index (Phi) is 3.78. The smallest absolute Gasteiger partial charge is 0.342 e. The van der Waals surface area contributed by atoms with Crippen LogP contribution in [0.3, 0.4) is 0 Å². The summed E-state index contributed by atoms with van der Waals surface area (Å²) in [6, 6.07) is 10.7. The van der Waals surface area contributed by atoms with Crippen LogP contribution in [-0.2, 0) is 21.5 Å². The molecule has 2 aromatic rings. The summed E-state index contributed by atoms with van der Waals surface area (Å²) in [6.45, 7) is 1.80. The van der Waals surface area contributed by atoms with Gasteiger partial charge in [0.05, 0.1) is 16.6 Å². The SMILES string of the molecule is CCC(=O)C1Cc2ccccc2C12Nc1cc(Cl)cc(Cl)c1OC2=O. The third-order valence-corrected chi connectivity index (χ3v) is 5.48. The molecule has 128 valence electrons. The predicted octanol–water partition coefficient (Wildman–Crippen LogP) is 4.37.